The van der Waals surface area contributed by atoms with Crippen molar-refractivity contribution in [2.75, 3.05) is 0 Å². The van der Waals surface area contributed by atoms with Crippen molar-refractivity contribution in [1.82, 2.24) is 29.3 Å². The summed E-state index contributed by atoms with van der Waals surface area (Å²) in [6.45, 7) is 1.83. The first-order chi connectivity index (χ1) is 12.7. The number of nitrogens with zero attached hydrogens (tertiary/aromatic N) is 7. The van der Waals surface area contributed by atoms with Gasteiger partial charge >= 0.3 is 0 Å². The standard InChI is InChI=1S/C16H14N8OS/c1-10-12(16(25)24(23(10)2)11-6-4-3-5-7-11)21-22-26-15-13-14(18-8-17-13)19-9-20-15/h3-9H,1-2H3,(H,17,18,19,20). The van der Waals surface area contributed by atoms with E-state index in [1.54, 1.807) is 15.7 Å². The quantitative estimate of drug-likeness (QED) is 0.339. The van der Waals surface area contributed by atoms with Crippen molar-refractivity contribution in [1.29, 1.82) is 0 Å². The van der Waals surface area contributed by atoms with Gasteiger partial charge in [-0.25, -0.2) is 19.6 Å². The number of aromatic nitrogens is 6. The normalized spacial score (nSPS) is 11.6. The lowest BCUT2D eigenvalue weighted by Crippen LogP contribution is -2.19. The maximum atomic E-state index is 12.8. The third-order valence-electron chi connectivity index (χ3n) is 3.98. The molecule has 4 rings (SSSR count). The van der Waals surface area contributed by atoms with Crippen LogP contribution < -0.4 is 5.56 Å². The zero-order valence-corrected chi connectivity index (χ0v) is 14.8. The summed E-state index contributed by atoms with van der Waals surface area (Å²) < 4.78 is 7.41. The molecule has 0 saturated carbocycles. The van der Waals surface area contributed by atoms with Crippen LogP contribution in [-0.4, -0.2) is 29.3 Å². The van der Waals surface area contributed by atoms with E-state index in [2.05, 4.69) is 29.6 Å². The van der Waals surface area contributed by atoms with Gasteiger partial charge < -0.3 is 4.98 Å². The number of para-hydroxylation sites is 1. The molecule has 0 aliphatic rings. The van der Waals surface area contributed by atoms with E-state index in [1.807, 2.05) is 44.3 Å². The number of rotatable bonds is 4. The molecule has 0 bridgehead atoms. The molecule has 10 heteroatoms. The Morgan fingerprint density at radius 1 is 1.15 bits per heavy atom. The van der Waals surface area contributed by atoms with E-state index >= 15 is 0 Å². The molecule has 0 aliphatic carbocycles. The first-order valence-corrected chi connectivity index (χ1v) is 8.50. The summed E-state index contributed by atoms with van der Waals surface area (Å²) in [4.78, 5) is 28.0. The first kappa shape index (κ1) is 16.2. The van der Waals surface area contributed by atoms with E-state index in [9.17, 15) is 4.79 Å². The van der Waals surface area contributed by atoms with Crippen LogP contribution in [0.15, 0.2) is 62.4 Å². The minimum Gasteiger partial charge on any atom is -0.341 e. The highest BCUT2D eigenvalue weighted by Crippen LogP contribution is 2.25. The van der Waals surface area contributed by atoms with Crippen molar-refractivity contribution in [3.63, 3.8) is 0 Å². The van der Waals surface area contributed by atoms with Crippen LogP contribution in [0.5, 0.6) is 0 Å². The predicted molar refractivity (Wildman–Crippen MR) is 97.8 cm³/mol. The molecule has 0 fully saturated rings. The number of nitrogens with one attached hydrogen (secondary N) is 1. The fraction of sp³-hybridized carbons (Fsp3) is 0.125. The Balaban J connectivity index is 1.68. The van der Waals surface area contributed by atoms with Crippen LogP contribution in [0.4, 0.5) is 5.69 Å². The Labute approximate surface area is 152 Å². The Morgan fingerprint density at radius 2 is 1.96 bits per heavy atom. The third-order valence-corrected chi connectivity index (χ3v) is 4.63. The molecule has 1 N–H and O–H groups in total. The minimum atomic E-state index is -0.227. The van der Waals surface area contributed by atoms with E-state index in [-0.39, 0.29) is 5.56 Å². The zero-order chi connectivity index (χ0) is 18.1. The predicted octanol–water partition coefficient (Wildman–Crippen LogP) is 2.94. The summed E-state index contributed by atoms with van der Waals surface area (Å²) in [6.07, 6.45) is 2.96. The highest BCUT2D eigenvalue weighted by atomic mass is 32.2. The van der Waals surface area contributed by atoms with Crippen LogP contribution >= 0.6 is 11.9 Å². The fourth-order valence-corrected chi connectivity index (χ4v) is 3.12. The second-order valence-corrected chi connectivity index (χ2v) is 6.20. The number of H-pyrrole nitrogens is 1. The van der Waals surface area contributed by atoms with Crippen LogP contribution in [0.25, 0.3) is 16.9 Å². The summed E-state index contributed by atoms with van der Waals surface area (Å²) in [7, 11) is 1.81. The van der Waals surface area contributed by atoms with E-state index < -0.39 is 0 Å². The van der Waals surface area contributed by atoms with Crippen molar-refractivity contribution < 1.29 is 0 Å². The zero-order valence-electron chi connectivity index (χ0n) is 14.0. The average molecular weight is 366 g/mol. The molecule has 0 spiro atoms. The van der Waals surface area contributed by atoms with Gasteiger partial charge in [-0.1, -0.05) is 18.2 Å². The van der Waals surface area contributed by atoms with Gasteiger partial charge in [0.2, 0.25) is 0 Å². The summed E-state index contributed by atoms with van der Waals surface area (Å²) in [5.41, 5.74) is 2.79. The molecule has 1 aromatic carbocycles. The minimum absolute atomic E-state index is 0.227. The Morgan fingerprint density at radius 3 is 2.77 bits per heavy atom. The lowest BCUT2D eigenvalue weighted by Gasteiger charge is -2.07. The highest BCUT2D eigenvalue weighted by Gasteiger charge is 2.16. The first-order valence-electron chi connectivity index (χ1n) is 7.73. The van der Waals surface area contributed by atoms with Gasteiger partial charge in [-0.3, -0.25) is 9.48 Å². The monoisotopic (exact) mass is 366 g/mol. The number of imidazole rings is 1. The van der Waals surface area contributed by atoms with Gasteiger partial charge in [0.25, 0.3) is 5.56 Å². The van der Waals surface area contributed by atoms with Gasteiger partial charge in [-0.15, -0.1) is 9.63 Å². The molecule has 130 valence electrons. The summed E-state index contributed by atoms with van der Waals surface area (Å²) in [5, 5.41) is 4.73. The maximum Gasteiger partial charge on any atom is 0.299 e. The number of fused-ring (bicyclic) bond motifs is 1. The van der Waals surface area contributed by atoms with Crippen molar-refractivity contribution in [3.8, 4) is 5.69 Å². The molecular weight excluding hydrogens is 352 g/mol. The number of hydrogen-bond acceptors (Lipinski definition) is 7. The molecule has 0 atom stereocenters. The molecule has 0 unspecified atom stereocenters. The Bertz CT molecular complexity index is 1160. The summed E-state index contributed by atoms with van der Waals surface area (Å²) in [6, 6.07) is 9.40. The molecule has 0 saturated heterocycles. The summed E-state index contributed by atoms with van der Waals surface area (Å²) in [5.74, 6) is 0. The molecule has 3 heterocycles. The van der Waals surface area contributed by atoms with E-state index in [1.165, 1.54) is 6.33 Å². The van der Waals surface area contributed by atoms with Crippen molar-refractivity contribution in [2.24, 2.45) is 16.7 Å². The number of aromatic amines is 1. The second-order valence-electron chi connectivity index (χ2n) is 5.46. The van der Waals surface area contributed by atoms with Crippen LogP contribution in [0, 0.1) is 6.92 Å². The second kappa shape index (κ2) is 6.56. The molecular formula is C16H14N8OS. The largest absolute Gasteiger partial charge is 0.341 e. The van der Waals surface area contributed by atoms with Crippen LogP contribution in [0.2, 0.25) is 0 Å². The topological polar surface area (TPSA) is 106 Å². The smallest absolute Gasteiger partial charge is 0.299 e. The van der Waals surface area contributed by atoms with Crippen molar-refractivity contribution in [3.05, 3.63) is 59.0 Å². The van der Waals surface area contributed by atoms with Crippen molar-refractivity contribution >= 4 is 28.8 Å². The molecule has 26 heavy (non-hydrogen) atoms. The van der Waals surface area contributed by atoms with Crippen LogP contribution in [0.3, 0.4) is 0 Å². The number of benzene rings is 1. The highest BCUT2D eigenvalue weighted by molar-refractivity contribution is 7.98. The molecule has 9 nitrogen and oxygen atoms in total. The fourth-order valence-electron chi connectivity index (χ4n) is 2.58. The molecule has 3 aromatic heterocycles. The third kappa shape index (κ3) is 2.69. The van der Waals surface area contributed by atoms with Crippen LogP contribution in [-0.2, 0) is 7.05 Å². The SMILES string of the molecule is Cc1c(N=NSc2ncnc3nc[nH]c23)c(=O)n(-c2ccccc2)n1C. The van der Waals surface area contributed by atoms with E-state index in [4.69, 9.17) is 0 Å². The molecule has 0 radical (unpaired) electrons. The van der Waals surface area contributed by atoms with E-state index in [0.717, 1.165) is 23.3 Å². The molecule has 0 aliphatic heterocycles. The Hall–Kier alpha value is -3.27. The van der Waals surface area contributed by atoms with Gasteiger partial charge in [0.15, 0.2) is 11.3 Å². The number of hydrogen-bond donors (Lipinski definition) is 1. The van der Waals surface area contributed by atoms with E-state index in [0.29, 0.717) is 21.9 Å². The van der Waals surface area contributed by atoms with Gasteiger partial charge in [-0.2, -0.15) is 0 Å². The molecule has 0 amide bonds. The van der Waals surface area contributed by atoms with Gasteiger partial charge in [0.1, 0.15) is 16.9 Å². The lowest BCUT2D eigenvalue weighted by molar-refractivity contribution is 0.630. The lowest BCUT2D eigenvalue weighted by atomic mass is 10.3. The van der Waals surface area contributed by atoms with Gasteiger partial charge in [0, 0.05) is 7.05 Å². The van der Waals surface area contributed by atoms with Gasteiger partial charge in [0.05, 0.1) is 29.7 Å². The van der Waals surface area contributed by atoms with Crippen LogP contribution in [0.1, 0.15) is 5.69 Å². The summed E-state index contributed by atoms with van der Waals surface area (Å²) >= 11 is 1.06. The van der Waals surface area contributed by atoms with Crippen molar-refractivity contribution in [2.45, 2.75) is 11.9 Å². The Kier molecular flexibility index (Phi) is 4.09. The maximum absolute atomic E-state index is 12.8. The molecule has 4 aromatic rings. The average Bonchev–Trinajstić information content (AvgIpc) is 3.22. The van der Waals surface area contributed by atoms with Gasteiger partial charge in [-0.05, 0) is 19.1 Å².